The molecule has 21 heavy (non-hydrogen) atoms. The molecule has 2 aromatic rings. The molecule has 5 nitrogen and oxygen atoms in total. The van der Waals surface area contributed by atoms with Crippen LogP contribution in [0, 0.1) is 6.92 Å². The van der Waals surface area contributed by atoms with Crippen molar-refractivity contribution >= 4 is 38.9 Å². The van der Waals surface area contributed by atoms with E-state index in [9.17, 15) is 9.59 Å². The first-order valence-corrected chi connectivity index (χ1v) is 7.56. The van der Waals surface area contributed by atoms with Gasteiger partial charge >= 0.3 is 0 Å². The molecule has 6 heteroatoms. The molecular formula is C15H19N3O2S. The Morgan fingerprint density at radius 1 is 1.38 bits per heavy atom. The average molecular weight is 305 g/mol. The molecule has 0 fully saturated rings. The molecule has 0 unspecified atom stereocenters. The number of fused-ring (bicyclic) bond motifs is 1. The maximum atomic E-state index is 12.2. The molecular weight excluding hydrogens is 286 g/mol. The number of carbonyl (C=O) groups excluding carboxylic acids is 2. The minimum atomic E-state index is -0.302. The van der Waals surface area contributed by atoms with Gasteiger partial charge in [0.15, 0.2) is 0 Å². The highest BCUT2D eigenvalue weighted by Gasteiger charge is 2.17. The summed E-state index contributed by atoms with van der Waals surface area (Å²) in [6.45, 7) is 4.47. The van der Waals surface area contributed by atoms with E-state index < -0.39 is 0 Å². The van der Waals surface area contributed by atoms with Gasteiger partial charge in [-0.2, -0.15) is 0 Å². The Balaban J connectivity index is 2.16. The number of aryl methyl sites for hydroxylation is 1. The van der Waals surface area contributed by atoms with E-state index in [0.717, 1.165) is 15.6 Å². The van der Waals surface area contributed by atoms with Crippen LogP contribution < -0.4 is 11.1 Å². The lowest BCUT2D eigenvalue weighted by molar-refractivity contribution is -0.128. The Bertz CT molecular complexity index is 694. The number of anilines is 1. The zero-order valence-corrected chi connectivity index (χ0v) is 13.2. The van der Waals surface area contributed by atoms with Gasteiger partial charge in [-0.3, -0.25) is 9.59 Å². The quantitative estimate of drug-likeness (QED) is 0.907. The highest BCUT2D eigenvalue weighted by Crippen LogP contribution is 2.33. The fourth-order valence-electron chi connectivity index (χ4n) is 1.94. The minimum Gasteiger partial charge on any atom is -0.397 e. The molecule has 0 saturated heterocycles. The van der Waals surface area contributed by atoms with Crippen molar-refractivity contribution in [2.45, 2.75) is 13.8 Å². The zero-order chi connectivity index (χ0) is 15.6. The van der Waals surface area contributed by atoms with Crippen molar-refractivity contribution in [2.75, 3.05) is 25.9 Å². The lowest BCUT2D eigenvalue weighted by atomic mass is 10.1. The van der Waals surface area contributed by atoms with Gasteiger partial charge in [-0.15, -0.1) is 11.3 Å². The number of nitrogens with one attached hydrogen (secondary N) is 1. The average Bonchev–Trinajstić information content (AvgIpc) is 2.79. The fourth-order valence-corrected chi connectivity index (χ4v) is 3.08. The van der Waals surface area contributed by atoms with E-state index >= 15 is 0 Å². The first kappa shape index (κ1) is 15.3. The fraction of sp³-hybridized carbons (Fsp3) is 0.333. The van der Waals surface area contributed by atoms with E-state index in [1.165, 1.54) is 11.3 Å². The Morgan fingerprint density at radius 2 is 2.10 bits per heavy atom. The molecule has 0 atom stereocenters. The van der Waals surface area contributed by atoms with Crippen molar-refractivity contribution in [1.29, 1.82) is 0 Å². The second-order valence-electron chi connectivity index (χ2n) is 4.94. The van der Waals surface area contributed by atoms with Crippen LogP contribution >= 0.6 is 11.3 Å². The van der Waals surface area contributed by atoms with Crippen LogP contribution in [0.2, 0.25) is 0 Å². The molecule has 1 heterocycles. The Morgan fingerprint density at radius 3 is 2.76 bits per heavy atom. The Kier molecular flexibility index (Phi) is 4.47. The first-order chi connectivity index (χ1) is 9.93. The van der Waals surface area contributed by atoms with Crippen LogP contribution in [-0.4, -0.2) is 36.9 Å². The van der Waals surface area contributed by atoms with Gasteiger partial charge in [0, 0.05) is 23.7 Å². The van der Waals surface area contributed by atoms with Crippen molar-refractivity contribution < 1.29 is 9.59 Å². The third-order valence-corrected chi connectivity index (χ3v) is 4.56. The zero-order valence-electron chi connectivity index (χ0n) is 12.4. The highest BCUT2D eigenvalue weighted by atomic mass is 32.1. The lowest BCUT2D eigenvalue weighted by Crippen LogP contribution is -2.37. The van der Waals surface area contributed by atoms with Gasteiger partial charge in [-0.05, 0) is 25.5 Å². The number of nitrogens with zero attached hydrogens (tertiary/aromatic N) is 1. The summed E-state index contributed by atoms with van der Waals surface area (Å²) < 4.78 is 0.981. The maximum Gasteiger partial charge on any atom is 0.263 e. The molecule has 0 aliphatic heterocycles. The van der Waals surface area contributed by atoms with E-state index in [2.05, 4.69) is 5.32 Å². The number of nitrogens with two attached hydrogens (primary N) is 1. The number of nitrogen functional groups attached to an aromatic ring is 1. The second kappa shape index (κ2) is 6.13. The van der Waals surface area contributed by atoms with E-state index in [4.69, 9.17) is 5.73 Å². The molecule has 0 aliphatic carbocycles. The Labute approximate surface area is 127 Å². The SMILES string of the molecule is CCN(C)C(=O)CNC(=O)c1sc2cc(C)ccc2c1N. The lowest BCUT2D eigenvalue weighted by Gasteiger charge is -2.14. The standard InChI is InChI=1S/C15H19N3O2S/c1-4-18(3)12(19)8-17-15(20)14-13(16)10-6-5-9(2)7-11(10)21-14/h5-7H,4,8,16H2,1-3H3,(H,17,20). The summed E-state index contributed by atoms with van der Waals surface area (Å²) in [5.41, 5.74) is 7.63. The van der Waals surface area contributed by atoms with Crippen LogP contribution in [0.5, 0.6) is 0 Å². The van der Waals surface area contributed by atoms with Crippen molar-refractivity contribution in [3.05, 3.63) is 28.6 Å². The molecule has 1 aromatic carbocycles. The summed E-state index contributed by atoms with van der Waals surface area (Å²) in [4.78, 5) is 25.9. The monoisotopic (exact) mass is 305 g/mol. The van der Waals surface area contributed by atoms with Gasteiger partial charge in [0.25, 0.3) is 5.91 Å². The molecule has 2 amide bonds. The summed E-state index contributed by atoms with van der Waals surface area (Å²) in [5, 5.41) is 3.51. The third kappa shape index (κ3) is 3.16. The summed E-state index contributed by atoms with van der Waals surface area (Å²) in [6, 6.07) is 5.89. The van der Waals surface area contributed by atoms with Gasteiger partial charge in [-0.1, -0.05) is 12.1 Å². The van der Waals surface area contributed by atoms with Gasteiger partial charge in [0.05, 0.1) is 12.2 Å². The van der Waals surface area contributed by atoms with Gasteiger partial charge in [0.2, 0.25) is 5.91 Å². The minimum absolute atomic E-state index is 0.0180. The molecule has 0 spiro atoms. The number of amides is 2. The van der Waals surface area contributed by atoms with E-state index in [1.807, 2.05) is 32.0 Å². The maximum absolute atomic E-state index is 12.2. The molecule has 3 N–H and O–H groups in total. The summed E-state index contributed by atoms with van der Waals surface area (Å²) in [7, 11) is 1.70. The number of hydrogen-bond donors (Lipinski definition) is 2. The van der Waals surface area contributed by atoms with Crippen molar-refractivity contribution in [3.8, 4) is 0 Å². The van der Waals surface area contributed by atoms with Crippen LogP contribution in [0.4, 0.5) is 5.69 Å². The van der Waals surface area contributed by atoms with Crippen LogP contribution in [0.1, 0.15) is 22.2 Å². The molecule has 0 aliphatic rings. The van der Waals surface area contributed by atoms with E-state index in [0.29, 0.717) is 17.1 Å². The van der Waals surface area contributed by atoms with Gasteiger partial charge in [-0.25, -0.2) is 0 Å². The van der Waals surface area contributed by atoms with Crippen LogP contribution in [0.25, 0.3) is 10.1 Å². The van der Waals surface area contributed by atoms with Crippen molar-refractivity contribution in [1.82, 2.24) is 10.2 Å². The van der Waals surface area contributed by atoms with Crippen molar-refractivity contribution in [3.63, 3.8) is 0 Å². The number of hydrogen-bond acceptors (Lipinski definition) is 4. The van der Waals surface area contributed by atoms with Crippen LogP contribution in [0.15, 0.2) is 18.2 Å². The summed E-state index contributed by atoms with van der Waals surface area (Å²) >= 11 is 1.35. The Hall–Kier alpha value is -2.08. The van der Waals surface area contributed by atoms with Gasteiger partial charge in [0.1, 0.15) is 4.88 Å². The molecule has 1 aromatic heterocycles. The largest absolute Gasteiger partial charge is 0.397 e. The highest BCUT2D eigenvalue weighted by molar-refractivity contribution is 7.21. The first-order valence-electron chi connectivity index (χ1n) is 6.74. The predicted octanol–water partition coefficient (Wildman–Crippen LogP) is 2.00. The van der Waals surface area contributed by atoms with Crippen LogP contribution in [-0.2, 0) is 4.79 Å². The second-order valence-corrected chi connectivity index (χ2v) is 5.99. The van der Waals surface area contributed by atoms with E-state index in [-0.39, 0.29) is 18.4 Å². The van der Waals surface area contributed by atoms with E-state index in [1.54, 1.807) is 11.9 Å². The number of rotatable bonds is 4. The number of thiophene rings is 1. The molecule has 0 radical (unpaired) electrons. The predicted molar refractivity (Wildman–Crippen MR) is 86.6 cm³/mol. The number of carbonyl (C=O) groups is 2. The molecule has 112 valence electrons. The number of benzene rings is 1. The summed E-state index contributed by atoms with van der Waals surface area (Å²) in [5.74, 6) is -0.425. The number of likely N-dealkylation sites (N-methyl/N-ethyl adjacent to an activating group) is 1. The van der Waals surface area contributed by atoms with Crippen LogP contribution in [0.3, 0.4) is 0 Å². The van der Waals surface area contributed by atoms with Gasteiger partial charge < -0.3 is 16.0 Å². The topological polar surface area (TPSA) is 75.4 Å². The van der Waals surface area contributed by atoms with Crippen molar-refractivity contribution in [2.24, 2.45) is 0 Å². The molecule has 0 bridgehead atoms. The normalized spacial score (nSPS) is 10.6. The summed E-state index contributed by atoms with van der Waals surface area (Å²) in [6.07, 6.45) is 0. The molecule has 0 saturated carbocycles. The third-order valence-electron chi connectivity index (χ3n) is 3.39. The molecule has 2 rings (SSSR count). The smallest absolute Gasteiger partial charge is 0.263 e.